The van der Waals surface area contributed by atoms with Gasteiger partial charge in [0.1, 0.15) is 11.3 Å². The molecule has 0 atom stereocenters. The predicted molar refractivity (Wildman–Crippen MR) is 96.9 cm³/mol. The van der Waals surface area contributed by atoms with E-state index in [-0.39, 0.29) is 11.8 Å². The number of carbonyl (C=O) groups excluding carboxylic acids is 1. The molecular formula is C20H28N2O2. The lowest BCUT2D eigenvalue weighted by atomic mass is 9.95. The fraction of sp³-hybridized carbons (Fsp3) is 0.550. The van der Waals surface area contributed by atoms with E-state index in [9.17, 15) is 4.79 Å². The molecule has 1 aromatic carbocycles. The molecule has 1 aliphatic heterocycles. The van der Waals surface area contributed by atoms with Crippen molar-refractivity contribution < 1.29 is 9.21 Å². The number of unbranched alkanes of at least 4 members (excludes halogenated alkanes) is 1. The van der Waals surface area contributed by atoms with Crippen molar-refractivity contribution in [1.29, 1.82) is 0 Å². The zero-order valence-corrected chi connectivity index (χ0v) is 14.8. The van der Waals surface area contributed by atoms with Crippen LogP contribution in [0.4, 0.5) is 0 Å². The summed E-state index contributed by atoms with van der Waals surface area (Å²) < 4.78 is 6.13. The highest BCUT2D eigenvalue weighted by Gasteiger charge is 2.25. The maximum Gasteiger partial charge on any atom is 0.222 e. The molecule has 4 nitrogen and oxygen atoms in total. The second-order valence-corrected chi connectivity index (χ2v) is 6.77. The summed E-state index contributed by atoms with van der Waals surface area (Å²) in [6.45, 7) is 5.10. The minimum Gasteiger partial charge on any atom is -0.461 e. The molecule has 2 heterocycles. The van der Waals surface area contributed by atoms with Crippen LogP contribution in [-0.2, 0) is 17.8 Å². The summed E-state index contributed by atoms with van der Waals surface area (Å²) in [6.07, 6.45) is 5.23. The summed E-state index contributed by atoms with van der Waals surface area (Å²) >= 11 is 0. The van der Waals surface area contributed by atoms with Crippen molar-refractivity contribution >= 4 is 16.9 Å². The molecule has 1 saturated heterocycles. The Kier molecular flexibility index (Phi) is 5.56. The molecule has 3 rings (SSSR count). The molecule has 130 valence electrons. The monoisotopic (exact) mass is 328 g/mol. The number of fused-ring (bicyclic) bond motifs is 1. The zero-order chi connectivity index (χ0) is 16.9. The molecule has 0 aliphatic carbocycles. The van der Waals surface area contributed by atoms with E-state index in [4.69, 9.17) is 4.42 Å². The van der Waals surface area contributed by atoms with Gasteiger partial charge < -0.3 is 9.73 Å². The van der Waals surface area contributed by atoms with E-state index in [2.05, 4.69) is 35.3 Å². The smallest absolute Gasteiger partial charge is 0.222 e. The average molecular weight is 328 g/mol. The van der Waals surface area contributed by atoms with Crippen LogP contribution in [0.5, 0.6) is 0 Å². The molecule has 1 N–H and O–H groups in total. The molecule has 1 aromatic heterocycles. The van der Waals surface area contributed by atoms with Crippen LogP contribution in [-0.4, -0.2) is 30.9 Å². The Hall–Kier alpha value is -1.81. The normalized spacial score (nSPS) is 16.6. The second-order valence-electron chi connectivity index (χ2n) is 6.77. The summed E-state index contributed by atoms with van der Waals surface area (Å²) in [4.78, 5) is 14.3. The van der Waals surface area contributed by atoms with E-state index in [1.54, 1.807) is 7.05 Å². The van der Waals surface area contributed by atoms with Gasteiger partial charge in [-0.1, -0.05) is 31.5 Å². The first-order chi connectivity index (χ1) is 11.7. The van der Waals surface area contributed by atoms with E-state index in [0.29, 0.717) is 0 Å². The van der Waals surface area contributed by atoms with Crippen LogP contribution in [0.15, 0.2) is 28.7 Å². The van der Waals surface area contributed by atoms with Gasteiger partial charge in [-0.25, -0.2) is 0 Å². The van der Waals surface area contributed by atoms with Gasteiger partial charge in [0.25, 0.3) is 0 Å². The maximum atomic E-state index is 11.8. The lowest BCUT2D eigenvalue weighted by Gasteiger charge is -2.31. The maximum absolute atomic E-state index is 11.8. The predicted octanol–water partition coefficient (Wildman–Crippen LogP) is 3.73. The van der Waals surface area contributed by atoms with E-state index in [1.807, 2.05) is 6.07 Å². The van der Waals surface area contributed by atoms with E-state index < -0.39 is 0 Å². The number of likely N-dealkylation sites (tertiary alicyclic amines) is 1. The van der Waals surface area contributed by atoms with Crippen molar-refractivity contribution in [1.82, 2.24) is 10.2 Å². The Morgan fingerprint density at radius 3 is 2.75 bits per heavy atom. The zero-order valence-electron chi connectivity index (χ0n) is 14.8. The SMILES string of the molecule is CCCCc1oc2ccccc2c1CN1CCC(C(=O)NC)CC1. The van der Waals surface area contributed by atoms with Crippen LogP contribution >= 0.6 is 0 Å². The number of furan rings is 1. The number of carbonyl (C=O) groups is 1. The molecule has 1 amide bonds. The van der Waals surface area contributed by atoms with Gasteiger partial charge in [-0.05, 0) is 38.4 Å². The number of amides is 1. The van der Waals surface area contributed by atoms with Gasteiger partial charge >= 0.3 is 0 Å². The fourth-order valence-electron chi connectivity index (χ4n) is 3.64. The standard InChI is InChI=1S/C20H28N2O2/c1-3-4-8-19-17(16-7-5-6-9-18(16)24-19)14-22-12-10-15(11-13-22)20(23)21-2/h5-7,9,15H,3-4,8,10-14H2,1-2H3,(H,21,23). The van der Waals surface area contributed by atoms with Gasteiger partial charge in [0.05, 0.1) is 0 Å². The highest BCUT2D eigenvalue weighted by atomic mass is 16.3. The first kappa shape index (κ1) is 17.0. The Morgan fingerprint density at radius 1 is 1.29 bits per heavy atom. The molecule has 0 bridgehead atoms. The number of benzene rings is 1. The summed E-state index contributed by atoms with van der Waals surface area (Å²) in [5.41, 5.74) is 2.34. The second kappa shape index (κ2) is 7.84. The Bertz CT molecular complexity index is 684. The molecule has 0 radical (unpaired) electrons. The highest BCUT2D eigenvalue weighted by Crippen LogP contribution is 2.29. The largest absolute Gasteiger partial charge is 0.461 e. The third-order valence-corrected chi connectivity index (χ3v) is 5.13. The molecule has 2 aromatic rings. The van der Waals surface area contributed by atoms with Crippen LogP contribution in [0.1, 0.15) is 43.9 Å². The van der Waals surface area contributed by atoms with Crippen molar-refractivity contribution in [2.24, 2.45) is 5.92 Å². The van der Waals surface area contributed by atoms with Gasteiger partial charge in [0.15, 0.2) is 0 Å². The van der Waals surface area contributed by atoms with E-state index in [1.165, 1.54) is 17.4 Å². The molecular weight excluding hydrogens is 300 g/mol. The number of hydrogen-bond donors (Lipinski definition) is 1. The molecule has 0 spiro atoms. The number of piperidine rings is 1. The topological polar surface area (TPSA) is 45.5 Å². The molecule has 24 heavy (non-hydrogen) atoms. The molecule has 0 unspecified atom stereocenters. The van der Waals surface area contributed by atoms with Crippen LogP contribution in [0, 0.1) is 5.92 Å². The van der Waals surface area contributed by atoms with Crippen molar-refractivity contribution in [3.05, 3.63) is 35.6 Å². The van der Waals surface area contributed by atoms with Gasteiger partial charge in [0, 0.05) is 36.9 Å². The summed E-state index contributed by atoms with van der Waals surface area (Å²) in [6, 6.07) is 8.35. The van der Waals surface area contributed by atoms with Crippen molar-refractivity contribution in [2.75, 3.05) is 20.1 Å². The summed E-state index contributed by atoms with van der Waals surface area (Å²) in [5, 5.41) is 4.03. The van der Waals surface area contributed by atoms with E-state index in [0.717, 1.165) is 56.7 Å². The van der Waals surface area contributed by atoms with Crippen LogP contribution in [0.3, 0.4) is 0 Å². The fourth-order valence-corrected chi connectivity index (χ4v) is 3.64. The molecule has 4 heteroatoms. The Balaban J connectivity index is 1.73. The Morgan fingerprint density at radius 2 is 2.04 bits per heavy atom. The number of nitrogens with zero attached hydrogens (tertiary/aromatic N) is 1. The Labute approximate surface area is 144 Å². The third-order valence-electron chi connectivity index (χ3n) is 5.13. The quantitative estimate of drug-likeness (QED) is 0.879. The number of aryl methyl sites for hydroxylation is 1. The highest BCUT2D eigenvalue weighted by molar-refractivity contribution is 5.82. The molecule has 1 aliphatic rings. The van der Waals surface area contributed by atoms with Crippen LogP contribution < -0.4 is 5.32 Å². The van der Waals surface area contributed by atoms with Gasteiger partial charge in [0.2, 0.25) is 5.91 Å². The average Bonchev–Trinajstić information content (AvgIpc) is 2.97. The van der Waals surface area contributed by atoms with Crippen molar-refractivity contribution in [3.63, 3.8) is 0 Å². The lowest BCUT2D eigenvalue weighted by molar-refractivity contribution is -0.125. The van der Waals surface area contributed by atoms with Gasteiger partial charge in [-0.15, -0.1) is 0 Å². The lowest BCUT2D eigenvalue weighted by Crippen LogP contribution is -2.39. The van der Waals surface area contributed by atoms with Crippen molar-refractivity contribution in [3.8, 4) is 0 Å². The number of para-hydroxylation sites is 1. The third kappa shape index (κ3) is 3.64. The van der Waals surface area contributed by atoms with Gasteiger partial charge in [-0.3, -0.25) is 9.69 Å². The number of hydrogen-bond acceptors (Lipinski definition) is 3. The van der Waals surface area contributed by atoms with E-state index >= 15 is 0 Å². The summed E-state index contributed by atoms with van der Waals surface area (Å²) in [7, 11) is 1.73. The number of rotatable bonds is 6. The first-order valence-corrected chi connectivity index (χ1v) is 9.16. The minimum atomic E-state index is 0.173. The summed E-state index contributed by atoms with van der Waals surface area (Å²) in [5.74, 6) is 1.51. The molecule has 1 fully saturated rings. The first-order valence-electron chi connectivity index (χ1n) is 9.16. The minimum absolute atomic E-state index is 0.173. The van der Waals surface area contributed by atoms with Crippen LogP contribution in [0.2, 0.25) is 0 Å². The molecule has 0 saturated carbocycles. The van der Waals surface area contributed by atoms with Crippen molar-refractivity contribution in [2.45, 2.75) is 45.6 Å². The van der Waals surface area contributed by atoms with Gasteiger partial charge in [-0.2, -0.15) is 0 Å². The number of nitrogens with one attached hydrogen (secondary N) is 1. The van der Waals surface area contributed by atoms with Crippen LogP contribution in [0.25, 0.3) is 11.0 Å².